The molecule has 0 atom stereocenters. The molecule has 1 aromatic rings. The van der Waals surface area contributed by atoms with E-state index in [9.17, 15) is 9.59 Å². The molecule has 2 N–H and O–H groups in total. The molecule has 1 aliphatic rings. The zero-order valence-electron chi connectivity index (χ0n) is 13.0. The fourth-order valence-corrected chi connectivity index (χ4v) is 2.47. The molecule has 0 radical (unpaired) electrons. The number of para-hydroxylation sites is 1. The standard InChI is InChI=1S/C16H24N4O2/c1-17-8-7-15(21)18-13-16(22)20-11-9-19(10-12-20)14-5-3-2-4-6-14/h2-6,17H,7-13H2,1H3,(H,18,21). The van der Waals surface area contributed by atoms with Gasteiger partial charge in [0.15, 0.2) is 0 Å². The van der Waals surface area contributed by atoms with Crippen molar-refractivity contribution in [2.24, 2.45) is 0 Å². The summed E-state index contributed by atoms with van der Waals surface area (Å²) in [5.74, 6) is -0.101. The average molecular weight is 304 g/mol. The molecule has 0 spiro atoms. The summed E-state index contributed by atoms with van der Waals surface area (Å²) >= 11 is 0. The highest BCUT2D eigenvalue weighted by Crippen LogP contribution is 2.15. The van der Waals surface area contributed by atoms with Gasteiger partial charge in [-0.1, -0.05) is 18.2 Å². The Morgan fingerprint density at radius 3 is 2.41 bits per heavy atom. The van der Waals surface area contributed by atoms with Crippen LogP contribution >= 0.6 is 0 Å². The normalized spacial score (nSPS) is 14.8. The van der Waals surface area contributed by atoms with Crippen molar-refractivity contribution in [1.29, 1.82) is 0 Å². The van der Waals surface area contributed by atoms with Gasteiger partial charge in [0.05, 0.1) is 6.54 Å². The molecule has 1 saturated heterocycles. The predicted octanol–water partition coefficient (Wildman–Crippen LogP) is 0.0609. The number of amides is 2. The second kappa shape index (κ2) is 8.38. The molecule has 120 valence electrons. The van der Waals surface area contributed by atoms with E-state index >= 15 is 0 Å². The highest BCUT2D eigenvalue weighted by molar-refractivity contribution is 5.84. The highest BCUT2D eigenvalue weighted by Gasteiger charge is 2.21. The number of piperazine rings is 1. The Morgan fingerprint density at radius 2 is 1.77 bits per heavy atom. The Hall–Kier alpha value is -2.08. The third-order valence-electron chi connectivity index (χ3n) is 3.79. The van der Waals surface area contributed by atoms with Crippen LogP contribution in [0.5, 0.6) is 0 Å². The fourth-order valence-electron chi connectivity index (χ4n) is 2.47. The van der Waals surface area contributed by atoms with Crippen molar-refractivity contribution in [1.82, 2.24) is 15.5 Å². The molecule has 2 rings (SSSR count). The molecule has 1 aliphatic heterocycles. The summed E-state index contributed by atoms with van der Waals surface area (Å²) in [6, 6.07) is 10.2. The van der Waals surface area contributed by atoms with Gasteiger partial charge in [-0.2, -0.15) is 0 Å². The Kier molecular flexibility index (Phi) is 6.21. The molecule has 0 unspecified atom stereocenters. The first kappa shape index (κ1) is 16.3. The summed E-state index contributed by atoms with van der Waals surface area (Å²) in [6.45, 7) is 3.75. The van der Waals surface area contributed by atoms with Crippen LogP contribution < -0.4 is 15.5 Å². The van der Waals surface area contributed by atoms with Crippen molar-refractivity contribution in [3.05, 3.63) is 30.3 Å². The topological polar surface area (TPSA) is 64.7 Å². The number of nitrogens with one attached hydrogen (secondary N) is 2. The third-order valence-corrected chi connectivity index (χ3v) is 3.79. The first-order valence-electron chi connectivity index (χ1n) is 7.70. The number of nitrogens with zero attached hydrogens (tertiary/aromatic N) is 2. The molecule has 1 fully saturated rings. The molecule has 0 aliphatic carbocycles. The van der Waals surface area contributed by atoms with Gasteiger partial charge in [0, 0.05) is 44.8 Å². The molecule has 6 heteroatoms. The number of carbonyl (C=O) groups is 2. The van der Waals surface area contributed by atoms with Gasteiger partial charge < -0.3 is 20.4 Å². The van der Waals surface area contributed by atoms with Gasteiger partial charge in [-0.15, -0.1) is 0 Å². The zero-order valence-corrected chi connectivity index (χ0v) is 13.0. The van der Waals surface area contributed by atoms with Crippen LogP contribution in [0, 0.1) is 0 Å². The molecule has 2 amide bonds. The molecule has 22 heavy (non-hydrogen) atoms. The van der Waals surface area contributed by atoms with E-state index in [-0.39, 0.29) is 18.4 Å². The van der Waals surface area contributed by atoms with Crippen molar-refractivity contribution < 1.29 is 9.59 Å². The van der Waals surface area contributed by atoms with Crippen LogP contribution in [0.15, 0.2) is 30.3 Å². The van der Waals surface area contributed by atoms with E-state index in [1.54, 1.807) is 7.05 Å². The largest absolute Gasteiger partial charge is 0.368 e. The van der Waals surface area contributed by atoms with Crippen LogP contribution in [0.25, 0.3) is 0 Å². The van der Waals surface area contributed by atoms with Gasteiger partial charge in [-0.25, -0.2) is 0 Å². The minimum absolute atomic E-state index is 0.00878. The SMILES string of the molecule is CNCCC(=O)NCC(=O)N1CCN(c2ccccc2)CC1. The summed E-state index contributed by atoms with van der Waals surface area (Å²) < 4.78 is 0. The van der Waals surface area contributed by atoms with Gasteiger partial charge in [0.2, 0.25) is 11.8 Å². The molecule has 1 aromatic carbocycles. The van der Waals surface area contributed by atoms with E-state index in [2.05, 4.69) is 27.7 Å². The van der Waals surface area contributed by atoms with Crippen LogP contribution in [0.1, 0.15) is 6.42 Å². The highest BCUT2D eigenvalue weighted by atomic mass is 16.2. The van der Waals surface area contributed by atoms with Gasteiger partial charge >= 0.3 is 0 Å². The molecule has 0 bridgehead atoms. The first-order chi connectivity index (χ1) is 10.7. The monoisotopic (exact) mass is 304 g/mol. The lowest BCUT2D eigenvalue weighted by molar-refractivity contribution is -0.133. The van der Waals surface area contributed by atoms with E-state index in [1.165, 1.54) is 5.69 Å². The minimum Gasteiger partial charge on any atom is -0.368 e. The number of benzene rings is 1. The third kappa shape index (κ3) is 4.73. The number of rotatable bonds is 6. The molecular weight excluding hydrogens is 280 g/mol. The van der Waals surface area contributed by atoms with Crippen molar-refractivity contribution in [3.8, 4) is 0 Å². The number of hydrogen-bond donors (Lipinski definition) is 2. The molecule has 1 heterocycles. The summed E-state index contributed by atoms with van der Waals surface area (Å²) in [4.78, 5) is 27.7. The Bertz CT molecular complexity index is 484. The number of hydrogen-bond acceptors (Lipinski definition) is 4. The maximum atomic E-state index is 12.1. The summed E-state index contributed by atoms with van der Waals surface area (Å²) in [5.41, 5.74) is 1.19. The van der Waals surface area contributed by atoms with Gasteiger partial charge in [0.1, 0.15) is 0 Å². The molecular formula is C16H24N4O2. The minimum atomic E-state index is -0.0920. The first-order valence-corrected chi connectivity index (χ1v) is 7.70. The smallest absolute Gasteiger partial charge is 0.242 e. The van der Waals surface area contributed by atoms with E-state index in [0.29, 0.717) is 26.1 Å². The van der Waals surface area contributed by atoms with Crippen molar-refractivity contribution in [2.45, 2.75) is 6.42 Å². The molecule has 6 nitrogen and oxygen atoms in total. The van der Waals surface area contributed by atoms with E-state index in [4.69, 9.17) is 0 Å². The quantitative estimate of drug-likeness (QED) is 0.780. The Balaban J connectivity index is 1.72. The lowest BCUT2D eigenvalue weighted by Gasteiger charge is -2.36. The van der Waals surface area contributed by atoms with Crippen LogP contribution in [0.2, 0.25) is 0 Å². The summed E-state index contributed by atoms with van der Waals surface area (Å²) in [6.07, 6.45) is 0.394. The molecule has 0 saturated carbocycles. The number of carbonyl (C=O) groups excluding carboxylic acids is 2. The second-order valence-corrected chi connectivity index (χ2v) is 5.33. The zero-order chi connectivity index (χ0) is 15.8. The van der Waals surface area contributed by atoms with Crippen LogP contribution in [-0.4, -0.2) is 63.0 Å². The maximum absolute atomic E-state index is 12.1. The van der Waals surface area contributed by atoms with E-state index in [1.807, 2.05) is 23.1 Å². The van der Waals surface area contributed by atoms with Gasteiger partial charge in [0.25, 0.3) is 0 Å². The summed E-state index contributed by atoms with van der Waals surface area (Å²) in [5, 5.41) is 5.58. The van der Waals surface area contributed by atoms with Crippen molar-refractivity contribution in [2.75, 3.05) is 51.2 Å². The van der Waals surface area contributed by atoms with Crippen molar-refractivity contribution >= 4 is 17.5 Å². The van der Waals surface area contributed by atoms with Crippen molar-refractivity contribution in [3.63, 3.8) is 0 Å². The average Bonchev–Trinajstić information content (AvgIpc) is 2.58. The number of anilines is 1. The van der Waals surface area contributed by atoms with E-state index in [0.717, 1.165) is 13.1 Å². The lowest BCUT2D eigenvalue weighted by atomic mass is 10.2. The Morgan fingerprint density at radius 1 is 1.09 bits per heavy atom. The van der Waals surface area contributed by atoms with E-state index < -0.39 is 0 Å². The maximum Gasteiger partial charge on any atom is 0.242 e. The summed E-state index contributed by atoms with van der Waals surface area (Å²) in [7, 11) is 1.80. The predicted molar refractivity (Wildman–Crippen MR) is 86.8 cm³/mol. The van der Waals surface area contributed by atoms with Crippen LogP contribution in [-0.2, 0) is 9.59 Å². The second-order valence-electron chi connectivity index (χ2n) is 5.33. The van der Waals surface area contributed by atoms with Crippen LogP contribution in [0.3, 0.4) is 0 Å². The van der Waals surface area contributed by atoms with Gasteiger partial charge in [-0.05, 0) is 19.2 Å². The van der Waals surface area contributed by atoms with Crippen LogP contribution in [0.4, 0.5) is 5.69 Å². The van der Waals surface area contributed by atoms with Gasteiger partial charge in [-0.3, -0.25) is 9.59 Å². The Labute approximate surface area is 131 Å². The molecule has 0 aromatic heterocycles. The fraction of sp³-hybridized carbons (Fsp3) is 0.500. The lowest BCUT2D eigenvalue weighted by Crippen LogP contribution is -2.51.